The fourth-order valence-corrected chi connectivity index (χ4v) is 2.08. The highest BCUT2D eigenvalue weighted by atomic mass is 79.9. The molecular formula is C13H20BrFN2O. The molecule has 0 radical (unpaired) electrons. The Hall–Kier alpha value is -0.650. The van der Waals surface area contributed by atoms with Crippen LogP contribution in [0.15, 0.2) is 16.6 Å². The van der Waals surface area contributed by atoms with Gasteiger partial charge in [-0.25, -0.2) is 4.39 Å². The molecule has 0 fully saturated rings. The van der Waals surface area contributed by atoms with Gasteiger partial charge in [-0.3, -0.25) is 0 Å². The fourth-order valence-electron chi connectivity index (χ4n) is 1.61. The molecule has 1 aromatic rings. The number of hydrogen-bond donors (Lipinski definition) is 2. The Bertz CT molecular complexity index is 387. The van der Waals surface area contributed by atoms with Crippen LogP contribution in [0.25, 0.3) is 0 Å². The minimum atomic E-state index is -0.276. The Kier molecular flexibility index (Phi) is 6.60. The van der Waals surface area contributed by atoms with Crippen molar-refractivity contribution < 1.29 is 9.13 Å². The van der Waals surface area contributed by atoms with Crippen LogP contribution in [0.5, 0.6) is 5.75 Å². The molecule has 18 heavy (non-hydrogen) atoms. The van der Waals surface area contributed by atoms with Gasteiger partial charge in [0, 0.05) is 12.1 Å². The third-order valence-electron chi connectivity index (χ3n) is 2.61. The van der Waals surface area contributed by atoms with Crippen LogP contribution in [0.4, 0.5) is 4.39 Å². The molecule has 1 aromatic carbocycles. The zero-order valence-electron chi connectivity index (χ0n) is 10.8. The number of rotatable bonds is 7. The van der Waals surface area contributed by atoms with Crippen molar-refractivity contribution in [2.24, 2.45) is 5.73 Å². The second kappa shape index (κ2) is 7.71. The Morgan fingerprint density at radius 3 is 2.83 bits per heavy atom. The number of hydrogen-bond acceptors (Lipinski definition) is 3. The summed E-state index contributed by atoms with van der Waals surface area (Å²) in [6, 6.07) is 3.07. The molecule has 1 rings (SSSR count). The van der Waals surface area contributed by atoms with E-state index in [1.807, 2.05) is 13.8 Å². The van der Waals surface area contributed by atoms with Crippen LogP contribution < -0.4 is 15.8 Å². The Balaban J connectivity index is 2.91. The lowest BCUT2D eigenvalue weighted by atomic mass is 10.2. The van der Waals surface area contributed by atoms with E-state index in [4.69, 9.17) is 10.5 Å². The molecule has 0 aromatic heterocycles. The molecule has 102 valence electrons. The molecule has 5 heteroatoms. The minimum absolute atomic E-state index is 0.0211. The summed E-state index contributed by atoms with van der Waals surface area (Å²) in [4.78, 5) is 0. The monoisotopic (exact) mass is 318 g/mol. The average molecular weight is 319 g/mol. The molecule has 0 saturated carbocycles. The summed E-state index contributed by atoms with van der Waals surface area (Å²) in [5.41, 5.74) is 6.30. The van der Waals surface area contributed by atoms with Gasteiger partial charge in [0.25, 0.3) is 0 Å². The predicted octanol–water partition coefficient (Wildman–Crippen LogP) is 2.81. The first-order valence-electron chi connectivity index (χ1n) is 6.14. The molecule has 0 bridgehead atoms. The topological polar surface area (TPSA) is 47.3 Å². The lowest BCUT2D eigenvalue weighted by Gasteiger charge is -2.18. The van der Waals surface area contributed by atoms with Gasteiger partial charge in [0.05, 0.1) is 10.6 Å². The second-order valence-corrected chi connectivity index (χ2v) is 4.92. The maximum atomic E-state index is 13.5. The van der Waals surface area contributed by atoms with Gasteiger partial charge in [-0.05, 0) is 54.5 Å². The second-order valence-electron chi connectivity index (χ2n) is 4.12. The van der Waals surface area contributed by atoms with Crippen LogP contribution in [0.1, 0.15) is 25.8 Å². The van der Waals surface area contributed by atoms with E-state index in [9.17, 15) is 4.39 Å². The third-order valence-corrected chi connectivity index (χ3v) is 3.46. The molecule has 0 amide bonds. The largest absolute Gasteiger partial charge is 0.490 e. The number of nitrogens with one attached hydrogen (secondary N) is 1. The summed E-state index contributed by atoms with van der Waals surface area (Å²) < 4.78 is 19.8. The molecule has 1 unspecified atom stereocenters. The molecule has 0 heterocycles. The maximum absolute atomic E-state index is 13.5. The minimum Gasteiger partial charge on any atom is -0.490 e. The Labute approximate surface area is 116 Å². The summed E-state index contributed by atoms with van der Waals surface area (Å²) in [7, 11) is 0. The van der Waals surface area contributed by atoms with E-state index < -0.39 is 0 Å². The van der Waals surface area contributed by atoms with Gasteiger partial charge >= 0.3 is 0 Å². The standard InChI is InChI=1S/C13H20BrFN2O/c1-3-17-8-10-12(18-9(2)6-7-16)5-4-11(15)13(10)14/h4-5,9,17H,3,6-8,16H2,1-2H3. The highest BCUT2D eigenvalue weighted by molar-refractivity contribution is 9.10. The highest BCUT2D eigenvalue weighted by Gasteiger charge is 2.14. The molecule has 0 aliphatic rings. The van der Waals surface area contributed by atoms with Gasteiger partial charge in [0.2, 0.25) is 0 Å². The van der Waals surface area contributed by atoms with Gasteiger partial charge in [-0.1, -0.05) is 6.92 Å². The quantitative estimate of drug-likeness (QED) is 0.812. The highest BCUT2D eigenvalue weighted by Crippen LogP contribution is 2.30. The van der Waals surface area contributed by atoms with Crippen LogP contribution in [0, 0.1) is 5.82 Å². The molecule has 3 nitrogen and oxygen atoms in total. The summed E-state index contributed by atoms with van der Waals surface area (Å²) in [6.07, 6.45) is 0.795. The van der Waals surface area contributed by atoms with Crippen LogP contribution in [0.2, 0.25) is 0 Å². The molecule has 3 N–H and O–H groups in total. The van der Waals surface area contributed by atoms with Crippen molar-refractivity contribution in [1.29, 1.82) is 0 Å². The Morgan fingerprint density at radius 1 is 1.50 bits per heavy atom. The molecular weight excluding hydrogens is 299 g/mol. The Morgan fingerprint density at radius 2 is 2.22 bits per heavy atom. The van der Waals surface area contributed by atoms with Crippen molar-refractivity contribution in [2.45, 2.75) is 32.9 Å². The smallest absolute Gasteiger partial charge is 0.137 e. The maximum Gasteiger partial charge on any atom is 0.137 e. The van der Waals surface area contributed by atoms with Crippen LogP contribution in [-0.4, -0.2) is 19.2 Å². The summed E-state index contributed by atoms with van der Waals surface area (Å²) in [6.45, 7) is 5.93. The van der Waals surface area contributed by atoms with Crippen molar-refractivity contribution in [3.8, 4) is 5.75 Å². The number of benzene rings is 1. The normalized spacial score (nSPS) is 12.5. The number of nitrogens with two attached hydrogens (primary N) is 1. The van der Waals surface area contributed by atoms with Crippen molar-refractivity contribution in [3.05, 3.63) is 28.0 Å². The third kappa shape index (κ3) is 4.23. The lowest BCUT2D eigenvalue weighted by Crippen LogP contribution is -2.19. The van der Waals surface area contributed by atoms with Crippen molar-refractivity contribution >= 4 is 15.9 Å². The van der Waals surface area contributed by atoms with Gasteiger partial charge in [-0.15, -0.1) is 0 Å². The molecule has 0 aliphatic carbocycles. The molecule has 0 saturated heterocycles. The van der Waals surface area contributed by atoms with E-state index in [2.05, 4.69) is 21.2 Å². The van der Waals surface area contributed by atoms with Crippen LogP contribution >= 0.6 is 15.9 Å². The molecule has 1 atom stereocenters. The van der Waals surface area contributed by atoms with Crippen molar-refractivity contribution in [3.63, 3.8) is 0 Å². The van der Waals surface area contributed by atoms with Gasteiger partial charge < -0.3 is 15.8 Å². The van der Waals surface area contributed by atoms with Crippen LogP contribution in [0.3, 0.4) is 0 Å². The molecule has 0 aliphatic heterocycles. The molecule has 0 spiro atoms. The van der Waals surface area contributed by atoms with Crippen LogP contribution in [-0.2, 0) is 6.54 Å². The lowest BCUT2D eigenvalue weighted by molar-refractivity contribution is 0.211. The predicted molar refractivity (Wildman–Crippen MR) is 75.2 cm³/mol. The van der Waals surface area contributed by atoms with E-state index in [1.165, 1.54) is 6.07 Å². The zero-order chi connectivity index (χ0) is 13.5. The van der Waals surface area contributed by atoms with E-state index in [0.717, 1.165) is 18.5 Å². The van der Waals surface area contributed by atoms with Gasteiger partial charge in [-0.2, -0.15) is 0 Å². The summed E-state index contributed by atoms with van der Waals surface area (Å²) in [5, 5.41) is 3.18. The summed E-state index contributed by atoms with van der Waals surface area (Å²) >= 11 is 3.27. The first-order valence-corrected chi connectivity index (χ1v) is 6.93. The average Bonchev–Trinajstić information content (AvgIpc) is 2.34. The van der Waals surface area contributed by atoms with Gasteiger partial charge in [0.15, 0.2) is 0 Å². The van der Waals surface area contributed by atoms with Crippen molar-refractivity contribution in [2.75, 3.05) is 13.1 Å². The number of ether oxygens (including phenoxy) is 1. The zero-order valence-corrected chi connectivity index (χ0v) is 12.4. The van der Waals surface area contributed by atoms with E-state index in [-0.39, 0.29) is 11.9 Å². The van der Waals surface area contributed by atoms with E-state index >= 15 is 0 Å². The first kappa shape index (κ1) is 15.4. The first-order chi connectivity index (χ1) is 8.60. The van der Waals surface area contributed by atoms with Crippen molar-refractivity contribution in [1.82, 2.24) is 5.32 Å². The SMILES string of the molecule is CCNCc1c(OC(C)CCN)ccc(F)c1Br. The van der Waals surface area contributed by atoms with E-state index in [0.29, 0.717) is 23.3 Å². The van der Waals surface area contributed by atoms with E-state index in [1.54, 1.807) is 6.07 Å². The van der Waals surface area contributed by atoms with Gasteiger partial charge in [0.1, 0.15) is 11.6 Å². The number of halogens is 2. The summed E-state index contributed by atoms with van der Waals surface area (Å²) in [5.74, 6) is 0.423. The fraction of sp³-hybridized carbons (Fsp3) is 0.538.